The number of rotatable bonds is 8. The zero-order valence-corrected chi connectivity index (χ0v) is 19.4. The third kappa shape index (κ3) is 5.60. The van der Waals surface area contributed by atoms with E-state index in [0.29, 0.717) is 23.1 Å². The number of amides is 1. The van der Waals surface area contributed by atoms with Gasteiger partial charge in [-0.3, -0.25) is 9.48 Å². The lowest BCUT2D eigenvalue weighted by Crippen LogP contribution is -2.22. The van der Waals surface area contributed by atoms with Gasteiger partial charge in [0.25, 0.3) is 5.91 Å². The van der Waals surface area contributed by atoms with Crippen molar-refractivity contribution in [2.45, 2.75) is 6.54 Å². The number of hydrazone groups is 1. The van der Waals surface area contributed by atoms with Crippen LogP contribution in [0.3, 0.4) is 0 Å². The van der Waals surface area contributed by atoms with Gasteiger partial charge in [0, 0.05) is 11.8 Å². The van der Waals surface area contributed by atoms with Gasteiger partial charge in [0.15, 0.2) is 0 Å². The molecule has 0 aliphatic heterocycles. The molecule has 0 radical (unpaired) electrons. The quantitative estimate of drug-likeness (QED) is 0.231. The molecule has 0 aliphatic rings. The lowest BCUT2D eigenvalue weighted by Gasteiger charge is -2.06. The molecule has 0 fully saturated rings. The number of nitrogens with zero attached hydrogens (tertiary/aromatic N) is 4. The zero-order valence-electron chi connectivity index (χ0n) is 18.6. The average molecular weight is 476 g/mol. The van der Waals surface area contributed by atoms with E-state index in [-0.39, 0.29) is 5.91 Å². The van der Waals surface area contributed by atoms with Crippen molar-refractivity contribution in [1.82, 2.24) is 20.2 Å². The number of pyridine rings is 1. The summed E-state index contributed by atoms with van der Waals surface area (Å²) < 4.78 is 12.0. The first-order valence-corrected chi connectivity index (χ1v) is 10.7. The maximum Gasteiger partial charge on any atom is 0.289 e. The second kappa shape index (κ2) is 10.6. The van der Waals surface area contributed by atoms with E-state index in [1.165, 1.54) is 0 Å². The molecule has 2 heterocycles. The predicted molar refractivity (Wildman–Crippen MR) is 131 cm³/mol. The SMILES string of the molecule is COc1ccc(/C=N/NC(=O)c2cc(-c3ccc(OC)cc3)nn2Cc2ccc(Cl)nc2)cc1. The molecule has 0 saturated carbocycles. The molecular weight excluding hydrogens is 454 g/mol. The number of aromatic nitrogens is 3. The minimum absolute atomic E-state index is 0.339. The van der Waals surface area contributed by atoms with Crippen LogP contribution in [-0.2, 0) is 6.54 Å². The van der Waals surface area contributed by atoms with E-state index in [2.05, 4.69) is 20.6 Å². The van der Waals surface area contributed by atoms with E-state index >= 15 is 0 Å². The van der Waals surface area contributed by atoms with Crippen molar-refractivity contribution < 1.29 is 14.3 Å². The number of carbonyl (C=O) groups excluding carboxylic acids is 1. The molecule has 8 nitrogen and oxygen atoms in total. The number of hydrogen-bond donors (Lipinski definition) is 1. The van der Waals surface area contributed by atoms with Gasteiger partial charge in [-0.2, -0.15) is 10.2 Å². The number of halogens is 1. The summed E-state index contributed by atoms with van der Waals surface area (Å²) in [5.41, 5.74) is 6.10. The second-order valence-corrected chi connectivity index (χ2v) is 7.65. The molecule has 1 N–H and O–H groups in total. The summed E-state index contributed by atoms with van der Waals surface area (Å²) in [6, 6.07) is 20.0. The molecule has 4 aromatic rings. The number of nitrogens with one attached hydrogen (secondary N) is 1. The highest BCUT2D eigenvalue weighted by Gasteiger charge is 2.17. The van der Waals surface area contributed by atoms with Gasteiger partial charge in [0.05, 0.1) is 32.7 Å². The maximum atomic E-state index is 13.0. The van der Waals surface area contributed by atoms with Crippen molar-refractivity contribution in [3.63, 3.8) is 0 Å². The average Bonchev–Trinajstić information content (AvgIpc) is 3.29. The molecule has 0 bridgehead atoms. The third-order valence-corrected chi connectivity index (χ3v) is 5.24. The highest BCUT2D eigenvalue weighted by Crippen LogP contribution is 2.23. The Morgan fingerprint density at radius 3 is 2.32 bits per heavy atom. The first kappa shape index (κ1) is 23.0. The van der Waals surface area contributed by atoms with Crippen molar-refractivity contribution in [1.29, 1.82) is 0 Å². The number of hydrogen-bond acceptors (Lipinski definition) is 6. The molecule has 1 amide bonds. The van der Waals surface area contributed by atoms with Crippen molar-refractivity contribution in [2.75, 3.05) is 14.2 Å². The number of carbonyl (C=O) groups is 1. The molecule has 0 aliphatic carbocycles. The minimum atomic E-state index is -0.390. The minimum Gasteiger partial charge on any atom is -0.497 e. The summed E-state index contributed by atoms with van der Waals surface area (Å²) in [5.74, 6) is 1.09. The highest BCUT2D eigenvalue weighted by molar-refractivity contribution is 6.29. The van der Waals surface area contributed by atoms with Gasteiger partial charge < -0.3 is 9.47 Å². The Balaban J connectivity index is 1.58. The van der Waals surface area contributed by atoms with Crippen molar-refractivity contribution in [3.8, 4) is 22.8 Å². The molecule has 4 rings (SSSR count). The van der Waals surface area contributed by atoms with E-state index in [4.69, 9.17) is 21.1 Å². The third-order valence-electron chi connectivity index (χ3n) is 5.01. The highest BCUT2D eigenvalue weighted by atomic mass is 35.5. The molecule has 0 saturated heterocycles. The summed E-state index contributed by atoms with van der Waals surface area (Å²) in [5, 5.41) is 9.13. The van der Waals surface area contributed by atoms with Crippen LogP contribution in [0, 0.1) is 0 Å². The zero-order chi connectivity index (χ0) is 23.9. The van der Waals surface area contributed by atoms with E-state index in [0.717, 1.165) is 28.2 Å². The molecule has 2 aromatic heterocycles. The van der Waals surface area contributed by atoms with Gasteiger partial charge in [0.2, 0.25) is 0 Å². The fourth-order valence-electron chi connectivity index (χ4n) is 3.21. The Bertz CT molecular complexity index is 1280. The normalized spacial score (nSPS) is 10.9. The lowest BCUT2D eigenvalue weighted by atomic mass is 10.1. The molecule has 0 spiro atoms. The first-order valence-electron chi connectivity index (χ1n) is 10.4. The summed E-state index contributed by atoms with van der Waals surface area (Å²) in [6.45, 7) is 0.339. The van der Waals surface area contributed by atoms with E-state index in [9.17, 15) is 4.79 Å². The summed E-state index contributed by atoms with van der Waals surface area (Å²) in [7, 11) is 3.21. The number of methoxy groups -OCH3 is 2. The van der Waals surface area contributed by atoms with Gasteiger partial charge in [-0.25, -0.2) is 10.4 Å². The van der Waals surface area contributed by atoms with Crippen LogP contribution in [0.5, 0.6) is 11.5 Å². The number of benzene rings is 2. The smallest absolute Gasteiger partial charge is 0.289 e. The summed E-state index contributed by atoms with van der Waals surface area (Å²) in [4.78, 5) is 17.1. The van der Waals surface area contributed by atoms with Crippen LogP contribution in [0.1, 0.15) is 21.6 Å². The van der Waals surface area contributed by atoms with Crippen LogP contribution >= 0.6 is 11.6 Å². The largest absolute Gasteiger partial charge is 0.497 e. The van der Waals surface area contributed by atoms with Crippen LogP contribution in [0.25, 0.3) is 11.3 Å². The van der Waals surface area contributed by atoms with E-state index < -0.39 is 0 Å². The molecule has 9 heteroatoms. The van der Waals surface area contributed by atoms with Crippen molar-refractivity contribution >= 4 is 23.7 Å². The van der Waals surface area contributed by atoms with Gasteiger partial charge >= 0.3 is 0 Å². The molecule has 172 valence electrons. The molecule has 34 heavy (non-hydrogen) atoms. The standard InChI is InChI=1S/C25H22ClN5O3/c1-33-20-8-3-17(4-9-20)15-28-29-25(32)23-13-22(19-6-10-21(34-2)11-7-19)30-31(23)16-18-5-12-24(26)27-14-18/h3-15H,16H2,1-2H3,(H,29,32)/b28-15+. The van der Waals surface area contributed by atoms with Crippen LogP contribution in [0.4, 0.5) is 0 Å². The van der Waals surface area contributed by atoms with Gasteiger partial charge in [-0.15, -0.1) is 0 Å². The molecule has 0 atom stereocenters. The van der Waals surface area contributed by atoms with E-state index in [1.54, 1.807) is 43.4 Å². The number of ether oxygens (including phenoxy) is 2. The fourth-order valence-corrected chi connectivity index (χ4v) is 3.32. The Morgan fingerprint density at radius 2 is 1.71 bits per heavy atom. The first-order chi connectivity index (χ1) is 16.6. The summed E-state index contributed by atoms with van der Waals surface area (Å²) >= 11 is 5.90. The Hall–Kier alpha value is -4.17. The Labute approximate surface area is 201 Å². The Morgan fingerprint density at radius 1 is 1.03 bits per heavy atom. The van der Waals surface area contributed by atoms with Crippen LogP contribution in [-0.4, -0.2) is 41.1 Å². The van der Waals surface area contributed by atoms with Crippen LogP contribution in [0.2, 0.25) is 5.15 Å². The predicted octanol–water partition coefficient (Wildman–Crippen LogP) is 4.43. The fraction of sp³-hybridized carbons (Fsp3) is 0.120. The van der Waals surface area contributed by atoms with Gasteiger partial charge in [0.1, 0.15) is 22.3 Å². The second-order valence-electron chi connectivity index (χ2n) is 7.26. The van der Waals surface area contributed by atoms with Crippen molar-refractivity contribution in [2.24, 2.45) is 5.10 Å². The molecule has 0 unspecified atom stereocenters. The van der Waals surface area contributed by atoms with Gasteiger partial charge in [-0.05, 0) is 71.8 Å². The van der Waals surface area contributed by atoms with E-state index in [1.807, 2.05) is 54.6 Å². The van der Waals surface area contributed by atoms with Gasteiger partial charge in [-0.1, -0.05) is 17.7 Å². The molecular formula is C25H22ClN5O3. The van der Waals surface area contributed by atoms with Crippen LogP contribution in [0.15, 0.2) is 78.0 Å². The monoisotopic (exact) mass is 475 g/mol. The lowest BCUT2D eigenvalue weighted by molar-refractivity contribution is 0.0945. The summed E-state index contributed by atoms with van der Waals surface area (Å²) in [6.07, 6.45) is 3.21. The van der Waals surface area contributed by atoms with Crippen LogP contribution < -0.4 is 14.9 Å². The molecule has 2 aromatic carbocycles. The Kier molecular flexibility index (Phi) is 7.19. The topological polar surface area (TPSA) is 90.6 Å². The maximum absolute atomic E-state index is 13.0. The van der Waals surface area contributed by atoms with Crippen molar-refractivity contribution in [3.05, 3.63) is 94.9 Å².